The largest absolute Gasteiger partial charge is 0.388 e. The van der Waals surface area contributed by atoms with Crippen LogP contribution in [0.2, 0.25) is 0 Å². The van der Waals surface area contributed by atoms with E-state index in [4.69, 9.17) is 0 Å². The summed E-state index contributed by atoms with van der Waals surface area (Å²) >= 11 is 0. The van der Waals surface area contributed by atoms with Gasteiger partial charge in [-0.05, 0) is 25.5 Å². The first-order valence-corrected chi connectivity index (χ1v) is 6.14. The third-order valence-electron chi connectivity index (χ3n) is 2.98. The summed E-state index contributed by atoms with van der Waals surface area (Å²) in [6.45, 7) is 3.94. The third kappa shape index (κ3) is 2.98. The van der Waals surface area contributed by atoms with Gasteiger partial charge in [0.25, 0.3) is 0 Å². The van der Waals surface area contributed by atoms with Crippen molar-refractivity contribution >= 4 is 0 Å². The van der Waals surface area contributed by atoms with Crippen molar-refractivity contribution in [1.29, 1.82) is 0 Å². The lowest BCUT2D eigenvalue weighted by Gasteiger charge is -2.10. The second kappa shape index (κ2) is 5.48. The van der Waals surface area contributed by atoms with E-state index >= 15 is 0 Å². The topological polar surface area (TPSA) is 38.0 Å². The van der Waals surface area contributed by atoms with Crippen LogP contribution < -0.4 is 0 Å². The molecule has 0 saturated heterocycles. The normalized spacial score (nSPS) is 12.9. The van der Waals surface area contributed by atoms with Crippen molar-refractivity contribution in [1.82, 2.24) is 9.78 Å². The molecule has 0 aliphatic rings. The summed E-state index contributed by atoms with van der Waals surface area (Å²) in [6.07, 6.45) is 2.38. The van der Waals surface area contributed by atoms with E-state index in [2.05, 4.69) is 5.10 Å². The van der Waals surface area contributed by atoms with Gasteiger partial charge in [-0.1, -0.05) is 12.1 Å². The zero-order valence-electron chi connectivity index (χ0n) is 10.8. The smallest absolute Gasteiger partial charge is 0.162 e. The maximum atomic E-state index is 13.5. The van der Waals surface area contributed by atoms with Crippen LogP contribution in [0.25, 0.3) is 0 Å². The van der Waals surface area contributed by atoms with Gasteiger partial charge in [0.2, 0.25) is 0 Å². The molecule has 2 rings (SSSR count). The molecule has 1 N–H and O–H groups in total. The standard InChI is InChI=1S/C14H16F2N2O/c1-9(2)18-8-11(7-17-18)13(19)6-10-4-3-5-12(15)14(10)16/h3-5,7-9,13,19H,6H2,1-2H3. The summed E-state index contributed by atoms with van der Waals surface area (Å²) in [5.74, 6) is -1.81. The minimum atomic E-state index is -0.905. The van der Waals surface area contributed by atoms with Crippen molar-refractivity contribution in [2.75, 3.05) is 0 Å². The number of halogens is 2. The van der Waals surface area contributed by atoms with Crippen LogP contribution in [-0.2, 0) is 6.42 Å². The SMILES string of the molecule is CC(C)n1cc(C(O)Cc2cccc(F)c2F)cn1. The number of hydrogen-bond donors (Lipinski definition) is 1. The Morgan fingerprint density at radius 3 is 2.68 bits per heavy atom. The summed E-state index contributed by atoms with van der Waals surface area (Å²) in [6, 6.07) is 4.14. The number of hydrogen-bond acceptors (Lipinski definition) is 2. The van der Waals surface area contributed by atoms with Crippen molar-refractivity contribution in [3.05, 3.63) is 53.4 Å². The van der Waals surface area contributed by atoms with Crippen LogP contribution in [0, 0.1) is 11.6 Å². The molecule has 5 heteroatoms. The lowest BCUT2D eigenvalue weighted by molar-refractivity contribution is 0.176. The van der Waals surface area contributed by atoms with Gasteiger partial charge in [-0.15, -0.1) is 0 Å². The summed E-state index contributed by atoms with van der Waals surface area (Å²) in [7, 11) is 0. The van der Waals surface area contributed by atoms with Gasteiger partial charge in [-0.3, -0.25) is 4.68 Å². The van der Waals surface area contributed by atoms with Gasteiger partial charge in [0.15, 0.2) is 11.6 Å². The van der Waals surface area contributed by atoms with Gasteiger partial charge < -0.3 is 5.11 Å². The summed E-state index contributed by atoms with van der Waals surface area (Å²) in [5.41, 5.74) is 0.752. The zero-order valence-corrected chi connectivity index (χ0v) is 10.8. The van der Waals surface area contributed by atoms with Crippen LogP contribution in [0.1, 0.15) is 37.1 Å². The zero-order chi connectivity index (χ0) is 14.0. The van der Waals surface area contributed by atoms with Crippen LogP contribution in [0.15, 0.2) is 30.6 Å². The first kappa shape index (κ1) is 13.7. The van der Waals surface area contributed by atoms with Gasteiger partial charge in [0.1, 0.15) is 0 Å². The number of nitrogens with zero attached hydrogens (tertiary/aromatic N) is 2. The second-order valence-corrected chi connectivity index (χ2v) is 4.78. The monoisotopic (exact) mass is 266 g/mol. The van der Waals surface area contributed by atoms with Crippen molar-refractivity contribution in [3.8, 4) is 0 Å². The molecule has 3 nitrogen and oxygen atoms in total. The number of aromatic nitrogens is 2. The molecule has 0 fully saturated rings. The number of aliphatic hydroxyl groups is 1. The van der Waals surface area contributed by atoms with Gasteiger partial charge in [-0.25, -0.2) is 8.78 Å². The quantitative estimate of drug-likeness (QED) is 0.923. The highest BCUT2D eigenvalue weighted by atomic mass is 19.2. The van der Waals surface area contributed by atoms with Gasteiger partial charge in [-0.2, -0.15) is 5.10 Å². The van der Waals surface area contributed by atoms with Crippen molar-refractivity contribution in [2.24, 2.45) is 0 Å². The molecule has 2 aromatic rings. The maximum absolute atomic E-state index is 13.5. The third-order valence-corrected chi connectivity index (χ3v) is 2.98. The first-order chi connectivity index (χ1) is 8.99. The van der Waals surface area contributed by atoms with E-state index < -0.39 is 17.7 Å². The molecule has 0 aliphatic carbocycles. The number of rotatable bonds is 4. The average molecular weight is 266 g/mol. The van der Waals surface area contributed by atoms with Crippen LogP contribution in [0.5, 0.6) is 0 Å². The molecule has 1 aromatic heterocycles. The van der Waals surface area contributed by atoms with E-state index in [-0.39, 0.29) is 18.0 Å². The average Bonchev–Trinajstić information content (AvgIpc) is 2.84. The molecular formula is C14H16F2N2O. The molecular weight excluding hydrogens is 250 g/mol. The molecule has 0 saturated carbocycles. The van der Waals surface area contributed by atoms with Crippen LogP contribution >= 0.6 is 0 Å². The van der Waals surface area contributed by atoms with Crippen LogP contribution in [-0.4, -0.2) is 14.9 Å². The molecule has 1 heterocycles. The van der Waals surface area contributed by atoms with Gasteiger partial charge in [0, 0.05) is 24.2 Å². The Hall–Kier alpha value is -1.75. The highest BCUT2D eigenvalue weighted by Crippen LogP contribution is 2.21. The predicted octanol–water partition coefficient (Wildman–Crippen LogP) is 3.02. The van der Waals surface area contributed by atoms with E-state index in [1.54, 1.807) is 17.1 Å². The molecule has 0 radical (unpaired) electrons. The van der Waals surface area contributed by atoms with E-state index in [9.17, 15) is 13.9 Å². The molecule has 0 spiro atoms. The fourth-order valence-electron chi connectivity index (χ4n) is 1.84. The Morgan fingerprint density at radius 1 is 1.32 bits per heavy atom. The predicted molar refractivity (Wildman–Crippen MR) is 67.6 cm³/mol. The minimum absolute atomic E-state index is 0.0212. The minimum Gasteiger partial charge on any atom is -0.388 e. The number of benzene rings is 1. The molecule has 0 amide bonds. The summed E-state index contributed by atoms with van der Waals surface area (Å²) in [5, 5.41) is 14.1. The van der Waals surface area contributed by atoms with Gasteiger partial charge in [0.05, 0.1) is 12.3 Å². The van der Waals surface area contributed by atoms with Crippen molar-refractivity contribution < 1.29 is 13.9 Å². The van der Waals surface area contributed by atoms with Crippen molar-refractivity contribution in [2.45, 2.75) is 32.4 Å². The number of aliphatic hydroxyl groups excluding tert-OH is 1. The Labute approximate surface area is 110 Å². The van der Waals surface area contributed by atoms with Crippen LogP contribution in [0.4, 0.5) is 8.78 Å². The Kier molecular flexibility index (Phi) is 3.95. The van der Waals surface area contributed by atoms with Crippen LogP contribution in [0.3, 0.4) is 0 Å². The van der Waals surface area contributed by atoms with Crippen molar-refractivity contribution in [3.63, 3.8) is 0 Å². The molecule has 102 valence electrons. The maximum Gasteiger partial charge on any atom is 0.162 e. The van der Waals surface area contributed by atoms with E-state index in [1.165, 1.54) is 12.1 Å². The van der Waals surface area contributed by atoms with E-state index in [1.807, 2.05) is 13.8 Å². The highest BCUT2D eigenvalue weighted by Gasteiger charge is 2.15. The fraction of sp³-hybridized carbons (Fsp3) is 0.357. The molecule has 1 atom stereocenters. The van der Waals surface area contributed by atoms with E-state index in [0.717, 1.165) is 6.07 Å². The Bertz CT molecular complexity index is 566. The van der Waals surface area contributed by atoms with Gasteiger partial charge >= 0.3 is 0 Å². The lowest BCUT2D eigenvalue weighted by Crippen LogP contribution is -2.04. The molecule has 19 heavy (non-hydrogen) atoms. The molecule has 0 bridgehead atoms. The molecule has 1 aromatic carbocycles. The molecule has 1 unspecified atom stereocenters. The Morgan fingerprint density at radius 2 is 2.05 bits per heavy atom. The van der Waals surface area contributed by atoms with E-state index in [0.29, 0.717) is 5.56 Å². The summed E-state index contributed by atoms with van der Waals surface area (Å²) in [4.78, 5) is 0. The highest BCUT2D eigenvalue weighted by molar-refractivity contribution is 5.22. The fourth-order valence-corrected chi connectivity index (χ4v) is 1.84. The second-order valence-electron chi connectivity index (χ2n) is 4.78. The molecule has 0 aliphatic heterocycles. The Balaban J connectivity index is 2.16. The summed E-state index contributed by atoms with van der Waals surface area (Å²) < 4.78 is 28.3. The first-order valence-electron chi connectivity index (χ1n) is 6.14. The lowest BCUT2D eigenvalue weighted by atomic mass is 10.0.